The molecule has 1 aromatic heterocycles. The molecule has 1 heterocycles. The molecule has 6 nitrogen and oxygen atoms in total. The molecule has 0 saturated heterocycles. The molecule has 0 saturated carbocycles. The molecule has 7 heteroatoms. The highest BCUT2D eigenvalue weighted by Gasteiger charge is 2.13. The quantitative estimate of drug-likeness (QED) is 0.421. The molecule has 1 N–H and O–H groups in total. The third kappa shape index (κ3) is 4.88. The largest absolute Gasteiger partial charge is 0.485 e. The van der Waals surface area contributed by atoms with Gasteiger partial charge in [0.1, 0.15) is 12.4 Å². The number of rotatable bonds is 7. The number of hydrogen-bond donors (Lipinski definition) is 1. The Morgan fingerprint density at radius 3 is 2.74 bits per heavy atom. The van der Waals surface area contributed by atoms with Crippen LogP contribution in [0.5, 0.6) is 5.75 Å². The number of benzene rings is 3. The zero-order valence-electron chi connectivity index (χ0n) is 17.8. The number of carbonyl (C=O) groups is 1. The zero-order chi connectivity index (χ0) is 21.8. The van der Waals surface area contributed by atoms with Gasteiger partial charge in [0.25, 0.3) is 0 Å². The number of hydrogen-bond acceptors (Lipinski definition) is 5. The fraction of sp³-hybridized carbons (Fsp3) is 0.208. The standard InChI is InChI=1S/C24H24N4O2S/c1-16-7-6-9-19(13-16)25-23(29)15-31-24-27-26-22(28(24)3)14-30-21-12-11-18-8-4-5-10-20(18)17(21)2/h4-13H,14-15H2,1-3H3,(H,25,29). The minimum Gasteiger partial charge on any atom is -0.485 e. The van der Waals surface area contributed by atoms with Crippen molar-refractivity contribution in [3.05, 3.63) is 77.6 Å². The van der Waals surface area contributed by atoms with Gasteiger partial charge in [-0.05, 0) is 53.9 Å². The fourth-order valence-corrected chi connectivity index (χ4v) is 4.08. The number of anilines is 1. The molecule has 0 spiro atoms. The summed E-state index contributed by atoms with van der Waals surface area (Å²) in [7, 11) is 1.88. The molecule has 0 aliphatic rings. The first kappa shape index (κ1) is 20.9. The maximum atomic E-state index is 12.3. The van der Waals surface area contributed by atoms with E-state index in [2.05, 4.69) is 40.6 Å². The van der Waals surface area contributed by atoms with E-state index in [4.69, 9.17) is 4.74 Å². The van der Waals surface area contributed by atoms with Crippen molar-refractivity contribution in [3.8, 4) is 5.75 Å². The third-order valence-corrected chi connectivity index (χ3v) is 6.08. The van der Waals surface area contributed by atoms with Gasteiger partial charge < -0.3 is 14.6 Å². The van der Waals surface area contributed by atoms with Crippen LogP contribution in [0, 0.1) is 13.8 Å². The van der Waals surface area contributed by atoms with Gasteiger partial charge in [0, 0.05) is 12.7 Å². The van der Waals surface area contributed by atoms with Crippen LogP contribution >= 0.6 is 11.8 Å². The molecule has 0 radical (unpaired) electrons. The lowest BCUT2D eigenvalue weighted by Gasteiger charge is -2.11. The molecule has 0 bridgehead atoms. The third-order valence-electron chi connectivity index (χ3n) is 5.06. The van der Waals surface area contributed by atoms with Crippen LogP contribution in [0.1, 0.15) is 17.0 Å². The zero-order valence-corrected chi connectivity index (χ0v) is 18.6. The van der Waals surface area contributed by atoms with Crippen molar-refractivity contribution in [1.82, 2.24) is 14.8 Å². The highest BCUT2D eigenvalue weighted by atomic mass is 32.2. The minimum atomic E-state index is -0.0804. The average Bonchev–Trinajstić information content (AvgIpc) is 3.11. The van der Waals surface area contributed by atoms with Crippen molar-refractivity contribution in [2.24, 2.45) is 7.05 Å². The van der Waals surface area contributed by atoms with E-state index in [0.29, 0.717) is 17.6 Å². The molecule has 0 fully saturated rings. The summed E-state index contributed by atoms with van der Waals surface area (Å²) in [5.74, 6) is 1.70. The van der Waals surface area contributed by atoms with Gasteiger partial charge in [-0.3, -0.25) is 4.79 Å². The summed E-state index contributed by atoms with van der Waals surface area (Å²) in [6, 6.07) is 20.0. The van der Waals surface area contributed by atoms with E-state index in [-0.39, 0.29) is 11.7 Å². The molecule has 0 unspecified atom stereocenters. The van der Waals surface area contributed by atoms with E-state index in [1.165, 1.54) is 22.5 Å². The Labute approximate surface area is 185 Å². The second kappa shape index (κ2) is 9.22. The fourth-order valence-electron chi connectivity index (χ4n) is 3.35. The van der Waals surface area contributed by atoms with E-state index in [0.717, 1.165) is 22.6 Å². The lowest BCUT2D eigenvalue weighted by molar-refractivity contribution is -0.113. The number of thioether (sulfide) groups is 1. The van der Waals surface area contributed by atoms with Gasteiger partial charge >= 0.3 is 0 Å². The molecule has 3 aromatic carbocycles. The number of amides is 1. The smallest absolute Gasteiger partial charge is 0.234 e. The van der Waals surface area contributed by atoms with Gasteiger partial charge in [-0.2, -0.15) is 0 Å². The van der Waals surface area contributed by atoms with Crippen LogP contribution in [0.25, 0.3) is 10.8 Å². The molecule has 0 aliphatic heterocycles. The van der Waals surface area contributed by atoms with Gasteiger partial charge in [-0.25, -0.2) is 0 Å². The lowest BCUT2D eigenvalue weighted by Crippen LogP contribution is -2.14. The first-order chi connectivity index (χ1) is 15.0. The molecule has 4 rings (SSSR count). The van der Waals surface area contributed by atoms with E-state index in [9.17, 15) is 4.79 Å². The summed E-state index contributed by atoms with van der Waals surface area (Å²) in [6.45, 7) is 4.36. The van der Waals surface area contributed by atoms with Crippen molar-refractivity contribution in [2.45, 2.75) is 25.6 Å². The molecular formula is C24H24N4O2S. The van der Waals surface area contributed by atoms with E-state index < -0.39 is 0 Å². The molecule has 31 heavy (non-hydrogen) atoms. The normalized spacial score (nSPS) is 10.9. The van der Waals surface area contributed by atoms with Crippen LogP contribution in [0.15, 0.2) is 65.8 Å². The Morgan fingerprint density at radius 2 is 1.90 bits per heavy atom. The summed E-state index contributed by atoms with van der Waals surface area (Å²) >= 11 is 1.35. The van der Waals surface area contributed by atoms with Gasteiger partial charge in [-0.15, -0.1) is 10.2 Å². The van der Waals surface area contributed by atoms with Crippen LogP contribution in [0.3, 0.4) is 0 Å². The predicted octanol–water partition coefficient (Wildman–Crippen LogP) is 4.89. The molecular weight excluding hydrogens is 408 g/mol. The molecule has 0 aliphatic carbocycles. The highest BCUT2D eigenvalue weighted by Crippen LogP contribution is 2.27. The van der Waals surface area contributed by atoms with Crippen LogP contribution in [0.2, 0.25) is 0 Å². The van der Waals surface area contributed by atoms with E-state index >= 15 is 0 Å². The summed E-state index contributed by atoms with van der Waals surface area (Å²) in [5, 5.41) is 14.4. The Kier molecular flexibility index (Phi) is 6.23. The number of fused-ring (bicyclic) bond motifs is 1. The summed E-state index contributed by atoms with van der Waals surface area (Å²) < 4.78 is 7.89. The number of carbonyl (C=O) groups excluding carboxylic acids is 1. The molecule has 4 aromatic rings. The SMILES string of the molecule is Cc1cccc(NC(=O)CSc2nnc(COc3ccc4ccccc4c3C)n2C)c1. The Bertz CT molecular complexity index is 1240. The second-order valence-corrected chi connectivity index (χ2v) is 8.31. The van der Waals surface area contributed by atoms with Crippen LogP contribution < -0.4 is 10.1 Å². The number of nitrogens with one attached hydrogen (secondary N) is 1. The van der Waals surface area contributed by atoms with Gasteiger partial charge in [0.15, 0.2) is 11.0 Å². The van der Waals surface area contributed by atoms with Crippen LogP contribution in [-0.4, -0.2) is 26.4 Å². The van der Waals surface area contributed by atoms with Crippen molar-refractivity contribution < 1.29 is 9.53 Å². The molecule has 0 atom stereocenters. The maximum absolute atomic E-state index is 12.3. The number of aryl methyl sites for hydroxylation is 2. The Morgan fingerprint density at radius 1 is 1.06 bits per heavy atom. The Hall–Kier alpha value is -3.32. The van der Waals surface area contributed by atoms with Gasteiger partial charge in [-0.1, -0.05) is 54.2 Å². The van der Waals surface area contributed by atoms with Gasteiger partial charge in [0.2, 0.25) is 5.91 Å². The lowest BCUT2D eigenvalue weighted by atomic mass is 10.0. The van der Waals surface area contributed by atoms with E-state index in [1.54, 1.807) is 0 Å². The predicted molar refractivity (Wildman–Crippen MR) is 125 cm³/mol. The topological polar surface area (TPSA) is 69.0 Å². The monoisotopic (exact) mass is 432 g/mol. The van der Waals surface area contributed by atoms with Crippen LogP contribution in [0.4, 0.5) is 5.69 Å². The van der Waals surface area contributed by atoms with Crippen molar-refractivity contribution in [3.63, 3.8) is 0 Å². The first-order valence-electron chi connectivity index (χ1n) is 10.00. The number of aromatic nitrogens is 3. The van der Waals surface area contributed by atoms with Crippen molar-refractivity contribution >= 4 is 34.1 Å². The Balaban J connectivity index is 1.36. The van der Waals surface area contributed by atoms with Crippen molar-refractivity contribution in [2.75, 3.05) is 11.1 Å². The highest BCUT2D eigenvalue weighted by molar-refractivity contribution is 7.99. The minimum absolute atomic E-state index is 0.0804. The second-order valence-electron chi connectivity index (χ2n) is 7.36. The molecule has 158 valence electrons. The average molecular weight is 433 g/mol. The van der Waals surface area contributed by atoms with Crippen LogP contribution in [-0.2, 0) is 18.4 Å². The number of nitrogens with zero attached hydrogens (tertiary/aromatic N) is 3. The first-order valence-corrected chi connectivity index (χ1v) is 11.0. The maximum Gasteiger partial charge on any atom is 0.234 e. The number of ether oxygens (including phenoxy) is 1. The summed E-state index contributed by atoms with van der Waals surface area (Å²) in [6.07, 6.45) is 0. The summed E-state index contributed by atoms with van der Waals surface area (Å²) in [5.41, 5.74) is 3.00. The van der Waals surface area contributed by atoms with Gasteiger partial charge in [0.05, 0.1) is 5.75 Å². The molecule has 1 amide bonds. The van der Waals surface area contributed by atoms with E-state index in [1.807, 2.05) is 61.0 Å². The summed E-state index contributed by atoms with van der Waals surface area (Å²) in [4.78, 5) is 12.3. The van der Waals surface area contributed by atoms with Crippen molar-refractivity contribution in [1.29, 1.82) is 0 Å².